The first kappa shape index (κ1) is 12.4. The van der Waals surface area contributed by atoms with Crippen molar-refractivity contribution in [2.45, 2.75) is 46.5 Å². The Bertz CT molecular complexity index is 49.7. The maximum absolute atomic E-state index is 10.5. The first-order valence-electron chi connectivity index (χ1n) is 4.04. The molecule has 0 unspecified atom stereocenters. The zero-order valence-corrected chi connectivity index (χ0v) is 7.36. The van der Waals surface area contributed by atoms with Crippen LogP contribution in [-0.4, -0.2) is 0 Å². The highest BCUT2D eigenvalue weighted by molar-refractivity contribution is 4.61. The molecule has 0 N–H and O–H groups in total. The van der Waals surface area contributed by atoms with Gasteiger partial charge in [-0.05, 0) is 6.92 Å². The van der Waals surface area contributed by atoms with E-state index in [1.807, 2.05) is 0 Å². The quantitative estimate of drug-likeness (QED) is 0.526. The van der Waals surface area contributed by atoms with Crippen LogP contribution in [0.4, 0.5) is 4.39 Å². The van der Waals surface area contributed by atoms with Gasteiger partial charge in [0.15, 0.2) is 0 Å². The van der Waals surface area contributed by atoms with Crippen LogP contribution in [0.1, 0.15) is 46.5 Å². The lowest BCUT2D eigenvalue weighted by Crippen LogP contribution is -1.66. The maximum Gasteiger partial charge on any atom is 0.0824 e. The summed E-state index contributed by atoms with van der Waals surface area (Å²) in [5, 5.41) is 0. The van der Waals surface area contributed by atoms with Gasteiger partial charge in [-0.3, -0.25) is 0 Å². The summed E-state index contributed by atoms with van der Waals surface area (Å²) in [5.74, 6) is 0. The smallest absolute Gasteiger partial charge is 0.0824 e. The van der Waals surface area contributed by atoms with Crippen molar-refractivity contribution in [2.75, 3.05) is 0 Å². The molecule has 0 saturated heterocycles. The van der Waals surface area contributed by atoms with E-state index < -0.39 is 0 Å². The standard InChI is InChI=1S/C6H14.C3H5F/c1-3-5-6-4-2;1-2-3-4/h3-6H2,1-2H3;2-3H,1H3. The van der Waals surface area contributed by atoms with Crippen molar-refractivity contribution in [1.29, 1.82) is 0 Å². The Kier molecular flexibility index (Phi) is 19.6. The van der Waals surface area contributed by atoms with Gasteiger partial charge in [-0.2, -0.15) is 0 Å². The minimum absolute atomic E-state index is 0.500. The summed E-state index contributed by atoms with van der Waals surface area (Å²) < 4.78 is 10.5. The molecule has 1 heteroatoms. The van der Waals surface area contributed by atoms with Crippen LogP contribution in [0.5, 0.6) is 0 Å². The van der Waals surface area contributed by atoms with E-state index in [-0.39, 0.29) is 0 Å². The summed E-state index contributed by atoms with van der Waals surface area (Å²) in [6.45, 7) is 6.09. The molecule has 10 heavy (non-hydrogen) atoms. The third-order valence-electron chi connectivity index (χ3n) is 1.08. The van der Waals surface area contributed by atoms with E-state index in [0.29, 0.717) is 6.33 Å². The zero-order valence-electron chi connectivity index (χ0n) is 7.36. The minimum Gasteiger partial charge on any atom is -0.216 e. The van der Waals surface area contributed by atoms with Gasteiger partial charge in [-0.15, -0.1) is 0 Å². The second-order valence-electron chi connectivity index (χ2n) is 2.17. The van der Waals surface area contributed by atoms with Gasteiger partial charge in [-0.25, -0.2) is 4.39 Å². The fraction of sp³-hybridized carbons (Fsp3) is 0.778. The monoisotopic (exact) mass is 146 g/mol. The van der Waals surface area contributed by atoms with Crippen molar-refractivity contribution in [3.8, 4) is 0 Å². The van der Waals surface area contributed by atoms with Crippen molar-refractivity contribution < 1.29 is 4.39 Å². The topological polar surface area (TPSA) is 0 Å². The molecule has 0 nitrogen and oxygen atoms in total. The molecule has 0 bridgehead atoms. The van der Waals surface area contributed by atoms with E-state index in [1.54, 1.807) is 6.92 Å². The van der Waals surface area contributed by atoms with Crippen molar-refractivity contribution in [3.63, 3.8) is 0 Å². The van der Waals surface area contributed by atoms with Crippen LogP contribution in [0.15, 0.2) is 12.4 Å². The van der Waals surface area contributed by atoms with Gasteiger partial charge in [0.05, 0.1) is 6.33 Å². The lowest BCUT2D eigenvalue weighted by molar-refractivity contribution is 0.702. The van der Waals surface area contributed by atoms with Crippen molar-refractivity contribution in [2.24, 2.45) is 0 Å². The first-order valence-corrected chi connectivity index (χ1v) is 4.04. The zero-order chi connectivity index (χ0) is 8.24. The third kappa shape index (κ3) is 25.3. The number of rotatable bonds is 3. The normalized spacial score (nSPS) is 9.20. The maximum atomic E-state index is 10.5. The molecule has 0 radical (unpaired) electrons. The van der Waals surface area contributed by atoms with Crippen LogP contribution in [0.2, 0.25) is 0 Å². The van der Waals surface area contributed by atoms with Gasteiger partial charge in [0.2, 0.25) is 0 Å². The summed E-state index contributed by atoms with van der Waals surface area (Å²) in [5.41, 5.74) is 0. The summed E-state index contributed by atoms with van der Waals surface area (Å²) in [4.78, 5) is 0. The molecule has 0 fully saturated rings. The van der Waals surface area contributed by atoms with Crippen LogP contribution in [-0.2, 0) is 0 Å². The van der Waals surface area contributed by atoms with Gasteiger partial charge in [0.1, 0.15) is 0 Å². The lowest BCUT2D eigenvalue weighted by atomic mass is 10.2. The highest BCUT2D eigenvalue weighted by Gasteiger charge is 1.75. The van der Waals surface area contributed by atoms with Gasteiger partial charge in [0.25, 0.3) is 0 Å². The molecular weight excluding hydrogens is 127 g/mol. The summed E-state index contributed by atoms with van der Waals surface area (Å²) in [7, 11) is 0. The fourth-order valence-electron chi connectivity index (χ4n) is 0.500. The molecule has 0 amide bonds. The average molecular weight is 146 g/mol. The molecule has 0 saturated carbocycles. The van der Waals surface area contributed by atoms with E-state index in [4.69, 9.17) is 0 Å². The molecule has 62 valence electrons. The van der Waals surface area contributed by atoms with Crippen molar-refractivity contribution >= 4 is 0 Å². The predicted octanol–water partition coefficient (Wildman–Crippen LogP) is 4.08. The number of allylic oxidation sites excluding steroid dienone is 1. The molecule has 0 aliphatic carbocycles. The largest absolute Gasteiger partial charge is 0.216 e. The molecule has 0 aromatic heterocycles. The Balaban J connectivity index is 0. The minimum atomic E-state index is 0.500. The molecule has 0 rings (SSSR count). The predicted molar refractivity (Wildman–Crippen MR) is 45.7 cm³/mol. The van der Waals surface area contributed by atoms with Crippen LogP contribution < -0.4 is 0 Å². The van der Waals surface area contributed by atoms with Gasteiger partial charge in [0, 0.05) is 0 Å². The van der Waals surface area contributed by atoms with E-state index in [2.05, 4.69) is 13.8 Å². The van der Waals surface area contributed by atoms with Gasteiger partial charge in [-0.1, -0.05) is 45.6 Å². The molecule has 0 atom stereocenters. The van der Waals surface area contributed by atoms with Gasteiger partial charge < -0.3 is 0 Å². The van der Waals surface area contributed by atoms with Crippen LogP contribution in [0.25, 0.3) is 0 Å². The molecule has 0 aliphatic heterocycles. The Hall–Kier alpha value is -0.330. The van der Waals surface area contributed by atoms with E-state index >= 15 is 0 Å². The molecule has 0 spiro atoms. The first-order chi connectivity index (χ1) is 4.83. The van der Waals surface area contributed by atoms with Crippen molar-refractivity contribution in [3.05, 3.63) is 12.4 Å². The Morgan fingerprint density at radius 1 is 1.10 bits per heavy atom. The highest BCUT2D eigenvalue weighted by atomic mass is 19.1. The second-order valence-corrected chi connectivity index (χ2v) is 2.17. The number of hydrogen-bond donors (Lipinski definition) is 0. The number of hydrogen-bond acceptors (Lipinski definition) is 0. The second kappa shape index (κ2) is 15.9. The Labute approximate surface area is 64.1 Å². The van der Waals surface area contributed by atoms with Crippen LogP contribution in [0.3, 0.4) is 0 Å². The van der Waals surface area contributed by atoms with Gasteiger partial charge >= 0.3 is 0 Å². The summed E-state index contributed by atoms with van der Waals surface area (Å²) >= 11 is 0. The third-order valence-corrected chi connectivity index (χ3v) is 1.08. The Morgan fingerprint density at radius 3 is 1.50 bits per heavy atom. The van der Waals surface area contributed by atoms with Crippen molar-refractivity contribution in [1.82, 2.24) is 0 Å². The fourth-order valence-corrected chi connectivity index (χ4v) is 0.500. The molecule has 0 aromatic carbocycles. The van der Waals surface area contributed by atoms with Crippen LogP contribution >= 0.6 is 0 Å². The molecule has 0 aromatic rings. The number of halogens is 1. The summed E-state index contributed by atoms with van der Waals surface area (Å²) in [6.07, 6.45) is 7.37. The summed E-state index contributed by atoms with van der Waals surface area (Å²) in [6, 6.07) is 0. The number of unbranched alkanes of at least 4 members (excludes halogenated alkanes) is 3. The SMILES string of the molecule is CC=CF.CCCCCC. The Morgan fingerprint density at radius 2 is 1.40 bits per heavy atom. The molecule has 0 heterocycles. The van der Waals surface area contributed by atoms with E-state index in [0.717, 1.165) is 0 Å². The molecule has 0 aliphatic rings. The van der Waals surface area contributed by atoms with Crippen LogP contribution in [0, 0.1) is 0 Å². The van der Waals surface area contributed by atoms with E-state index in [1.165, 1.54) is 31.8 Å². The molecular formula is C9H19F. The van der Waals surface area contributed by atoms with E-state index in [9.17, 15) is 4.39 Å². The highest BCUT2D eigenvalue weighted by Crippen LogP contribution is 1.95. The lowest BCUT2D eigenvalue weighted by Gasteiger charge is -1.86. The average Bonchev–Trinajstić information content (AvgIpc) is 2.01.